The molecule has 0 aliphatic heterocycles. The average Bonchev–Trinajstić information content (AvgIpc) is 2.79. The fourth-order valence-electron chi connectivity index (χ4n) is 3.10. The average molecular weight is 510 g/mol. The lowest BCUT2D eigenvalue weighted by Crippen LogP contribution is -2.37. The van der Waals surface area contributed by atoms with Crippen LogP contribution >= 0.6 is 23.2 Å². The second-order valence-electron chi connectivity index (χ2n) is 7.26. The molecule has 3 aromatic rings. The van der Waals surface area contributed by atoms with Gasteiger partial charge in [0.2, 0.25) is 0 Å². The van der Waals surface area contributed by atoms with Gasteiger partial charge in [0.1, 0.15) is 0 Å². The van der Waals surface area contributed by atoms with Gasteiger partial charge in [-0.05, 0) is 67.1 Å². The van der Waals surface area contributed by atoms with Gasteiger partial charge >= 0.3 is 12.2 Å². The number of alkyl halides is 3. The molecule has 0 unspecified atom stereocenters. The summed E-state index contributed by atoms with van der Waals surface area (Å²) in [5.41, 5.74) is 0.00308. The molecule has 0 aromatic heterocycles. The summed E-state index contributed by atoms with van der Waals surface area (Å²) in [6.07, 6.45) is -4.27. The molecule has 3 rings (SSSR count). The first-order valence-electron chi connectivity index (χ1n) is 10.2. The maximum atomic E-state index is 13.2. The number of hydrogen-bond donors (Lipinski definition) is 2. The van der Waals surface area contributed by atoms with Crippen LogP contribution in [0.2, 0.25) is 10.0 Å². The van der Waals surface area contributed by atoms with Gasteiger partial charge in [0.15, 0.2) is 0 Å². The smallest absolute Gasteiger partial charge is 0.352 e. The lowest BCUT2D eigenvalue weighted by molar-refractivity contribution is -0.137. The second-order valence-corrected chi connectivity index (χ2v) is 8.13. The van der Waals surface area contributed by atoms with Crippen LogP contribution in [-0.2, 0) is 6.18 Å². The highest BCUT2D eigenvalue weighted by Crippen LogP contribution is 2.32. The van der Waals surface area contributed by atoms with E-state index >= 15 is 0 Å². The maximum absolute atomic E-state index is 13.2. The van der Waals surface area contributed by atoms with Crippen molar-refractivity contribution in [3.8, 4) is 0 Å². The Balaban J connectivity index is 1.71. The molecule has 0 bridgehead atoms. The molecule has 3 amide bonds. The van der Waals surface area contributed by atoms with Crippen LogP contribution in [0.3, 0.4) is 0 Å². The largest absolute Gasteiger partial charge is 0.416 e. The zero-order chi connectivity index (χ0) is 24.7. The molecular weight excluding hydrogens is 490 g/mol. The fraction of sp³-hybridized carbons (Fsp3) is 0.167. The molecule has 0 saturated carbocycles. The zero-order valence-electron chi connectivity index (χ0n) is 17.7. The Kier molecular flexibility index (Phi) is 8.41. The molecule has 2 N–H and O–H groups in total. The van der Waals surface area contributed by atoms with Gasteiger partial charge in [-0.2, -0.15) is 13.2 Å². The Morgan fingerprint density at radius 1 is 0.882 bits per heavy atom. The van der Waals surface area contributed by atoms with Gasteiger partial charge in [0.05, 0.1) is 5.56 Å². The number of halogens is 5. The quantitative estimate of drug-likeness (QED) is 0.341. The lowest BCUT2D eigenvalue weighted by Gasteiger charge is -2.24. The topological polar surface area (TPSA) is 61.4 Å². The van der Waals surface area contributed by atoms with Crippen molar-refractivity contribution in [3.05, 3.63) is 94.0 Å². The second kappa shape index (κ2) is 11.3. The zero-order valence-corrected chi connectivity index (χ0v) is 19.2. The first-order valence-corrected chi connectivity index (χ1v) is 10.9. The number of carbonyl (C=O) groups is 2. The summed E-state index contributed by atoms with van der Waals surface area (Å²) in [7, 11) is 0. The number of nitrogens with zero attached hydrogens (tertiary/aromatic N) is 1. The van der Waals surface area contributed by atoms with Crippen LogP contribution in [0, 0.1) is 0 Å². The minimum atomic E-state index is -4.56. The molecule has 0 fully saturated rings. The SMILES string of the molecule is O=C(NCCCN(C(=O)Nc1cccc(Cl)c1)c1cccc(C(F)(F)F)c1)c1ccc(Cl)cc1. The molecular formula is C24H20Cl2F3N3O2. The monoisotopic (exact) mass is 509 g/mol. The lowest BCUT2D eigenvalue weighted by atomic mass is 10.1. The van der Waals surface area contributed by atoms with E-state index in [1.165, 1.54) is 23.1 Å². The predicted octanol–water partition coefficient (Wildman–Crippen LogP) is 6.87. The van der Waals surface area contributed by atoms with E-state index in [9.17, 15) is 22.8 Å². The Bertz CT molecular complexity index is 1150. The molecule has 0 aliphatic carbocycles. The summed E-state index contributed by atoms with van der Waals surface area (Å²) in [6, 6.07) is 16.6. The van der Waals surface area contributed by atoms with E-state index in [-0.39, 0.29) is 24.7 Å². The number of urea groups is 1. The van der Waals surface area contributed by atoms with Crippen molar-refractivity contribution in [2.24, 2.45) is 0 Å². The molecule has 0 aliphatic rings. The summed E-state index contributed by atoms with van der Waals surface area (Å²) in [5, 5.41) is 6.26. The summed E-state index contributed by atoms with van der Waals surface area (Å²) >= 11 is 11.8. The summed E-state index contributed by atoms with van der Waals surface area (Å²) in [6.45, 7) is 0.246. The summed E-state index contributed by atoms with van der Waals surface area (Å²) in [5.74, 6) is -0.328. The Hall–Kier alpha value is -3.23. The highest BCUT2D eigenvalue weighted by Gasteiger charge is 2.31. The number of anilines is 2. The molecule has 0 atom stereocenters. The van der Waals surface area contributed by atoms with Crippen molar-refractivity contribution >= 4 is 46.5 Å². The van der Waals surface area contributed by atoms with E-state index in [1.54, 1.807) is 42.5 Å². The maximum Gasteiger partial charge on any atom is 0.416 e. The number of amides is 3. The van der Waals surface area contributed by atoms with Gasteiger partial charge in [0, 0.05) is 40.1 Å². The number of benzene rings is 3. The third-order valence-electron chi connectivity index (χ3n) is 4.76. The standard InChI is InChI=1S/C24H20Cl2F3N3O2/c25-18-10-8-16(9-11-18)22(33)30-12-3-13-32(21-7-1-4-17(14-21)24(27,28)29)23(34)31-20-6-2-5-19(26)15-20/h1-2,4-11,14-15H,3,12-13H2,(H,30,33)(H,31,34). The number of hydrogen-bond acceptors (Lipinski definition) is 2. The Labute approximate surface area is 204 Å². The van der Waals surface area contributed by atoms with Crippen LogP contribution in [0.1, 0.15) is 22.3 Å². The molecule has 5 nitrogen and oxygen atoms in total. The van der Waals surface area contributed by atoms with E-state index in [0.717, 1.165) is 12.1 Å². The molecule has 0 heterocycles. The first kappa shape index (κ1) is 25.4. The van der Waals surface area contributed by atoms with Crippen molar-refractivity contribution in [3.63, 3.8) is 0 Å². The first-order chi connectivity index (χ1) is 16.1. The Morgan fingerprint density at radius 2 is 1.59 bits per heavy atom. The number of carbonyl (C=O) groups excluding carboxylic acids is 2. The highest BCUT2D eigenvalue weighted by atomic mass is 35.5. The number of nitrogens with one attached hydrogen (secondary N) is 2. The van der Waals surface area contributed by atoms with Crippen LogP contribution in [0.25, 0.3) is 0 Å². The van der Waals surface area contributed by atoms with Crippen molar-refractivity contribution in [2.75, 3.05) is 23.3 Å². The van der Waals surface area contributed by atoms with Crippen LogP contribution in [0.15, 0.2) is 72.8 Å². The molecule has 34 heavy (non-hydrogen) atoms. The molecule has 178 valence electrons. The van der Waals surface area contributed by atoms with Crippen LogP contribution < -0.4 is 15.5 Å². The van der Waals surface area contributed by atoms with Crippen LogP contribution in [0.4, 0.5) is 29.3 Å². The summed E-state index contributed by atoms with van der Waals surface area (Å²) < 4.78 is 39.6. The summed E-state index contributed by atoms with van der Waals surface area (Å²) in [4.78, 5) is 26.4. The number of rotatable bonds is 7. The minimum Gasteiger partial charge on any atom is -0.352 e. The molecule has 0 spiro atoms. The van der Waals surface area contributed by atoms with Crippen LogP contribution in [-0.4, -0.2) is 25.0 Å². The van der Waals surface area contributed by atoms with E-state index in [2.05, 4.69) is 10.6 Å². The van der Waals surface area contributed by atoms with E-state index in [1.807, 2.05) is 0 Å². The van der Waals surface area contributed by atoms with Gasteiger partial charge in [-0.1, -0.05) is 35.3 Å². The molecule has 3 aromatic carbocycles. The van der Waals surface area contributed by atoms with E-state index in [0.29, 0.717) is 27.7 Å². The van der Waals surface area contributed by atoms with Crippen molar-refractivity contribution in [1.29, 1.82) is 0 Å². The van der Waals surface area contributed by atoms with Gasteiger partial charge in [0.25, 0.3) is 5.91 Å². The third-order valence-corrected chi connectivity index (χ3v) is 5.24. The normalized spacial score (nSPS) is 11.1. The van der Waals surface area contributed by atoms with Crippen molar-refractivity contribution in [1.82, 2.24) is 5.32 Å². The van der Waals surface area contributed by atoms with E-state index < -0.39 is 17.8 Å². The minimum absolute atomic E-state index is 0.0502. The predicted molar refractivity (Wildman–Crippen MR) is 128 cm³/mol. The van der Waals surface area contributed by atoms with E-state index in [4.69, 9.17) is 23.2 Å². The van der Waals surface area contributed by atoms with Gasteiger partial charge < -0.3 is 10.6 Å². The van der Waals surface area contributed by atoms with Gasteiger partial charge in [-0.3, -0.25) is 9.69 Å². The van der Waals surface area contributed by atoms with Crippen molar-refractivity contribution < 1.29 is 22.8 Å². The van der Waals surface area contributed by atoms with Gasteiger partial charge in [-0.25, -0.2) is 4.79 Å². The van der Waals surface area contributed by atoms with Crippen LogP contribution in [0.5, 0.6) is 0 Å². The Morgan fingerprint density at radius 3 is 2.26 bits per heavy atom. The molecule has 10 heteroatoms. The third kappa shape index (κ3) is 7.13. The van der Waals surface area contributed by atoms with Gasteiger partial charge in [-0.15, -0.1) is 0 Å². The molecule has 0 radical (unpaired) electrons. The highest BCUT2D eigenvalue weighted by molar-refractivity contribution is 6.31. The molecule has 0 saturated heterocycles. The fourth-order valence-corrected chi connectivity index (χ4v) is 3.41. The van der Waals surface area contributed by atoms with Crippen molar-refractivity contribution in [2.45, 2.75) is 12.6 Å².